The Hall–Kier alpha value is -2.26. The molecule has 0 unspecified atom stereocenters. The van der Waals surface area contributed by atoms with E-state index in [1.165, 1.54) is 4.90 Å². The van der Waals surface area contributed by atoms with Gasteiger partial charge >= 0.3 is 5.97 Å². The van der Waals surface area contributed by atoms with Gasteiger partial charge in [0, 0.05) is 4.90 Å². The largest absolute Gasteiger partial charge is 0.481 e. The Morgan fingerprint density at radius 3 is 2.41 bits per heavy atom. The van der Waals surface area contributed by atoms with Crippen molar-refractivity contribution in [3.8, 4) is 0 Å². The highest BCUT2D eigenvalue weighted by Crippen LogP contribution is 2.37. The number of allylic oxidation sites excluding steroid dienone is 2. The van der Waals surface area contributed by atoms with Crippen molar-refractivity contribution >= 4 is 35.0 Å². The maximum absolute atomic E-state index is 11.0. The number of thioether (sulfide) groups is 1. The van der Waals surface area contributed by atoms with E-state index in [1.807, 2.05) is 30.3 Å². The lowest BCUT2D eigenvalue weighted by Crippen LogP contribution is -1.95. The molecule has 22 heavy (non-hydrogen) atoms. The standard InChI is InChI=1S/C19H16O2S/c1-22-16-8-6-13(7-9-16)10-14-11-15(12-19(20)21)18-5-3-2-4-17(14)18/h2-11H,12H2,1H3,(H,20,21)/b14-10+. The summed E-state index contributed by atoms with van der Waals surface area (Å²) in [4.78, 5) is 12.3. The molecule has 1 N–H and O–H groups in total. The predicted octanol–water partition coefficient (Wildman–Crippen LogP) is 4.82. The van der Waals surface area contributed by atoms with Crippen LogP contribution in [-0.4, -0.2) is 17.3 Å². The molecule has 0 heterocycles. The van der Waals surface area contributed by atoms with E-state index < -0.39 is 5.97 Å². The van der Waals surface area contributed by atoms with Crippen molar-refractivity contribution in [1.29, 1.82) is 0 Å². The van der Waals surface area contributed by atoms with E-state index in [-0.39, 0.29) is 6.42 Å². The minimum absolute atomic E-state index is 0.0553. The van der Waals surface area contributed by atoms with E-state index >= 15 is 0 Å². The summed E-state index contributed by atoms with van der Waals surface area (Å²) in [5.41, 5.74) is 5.19. The van der Waals surface area contributed by atoms with E-state index in [0.29, 0.717) is 0 Å². The third-order valence-corrected chi connectivity index (χ3v) is 4.44. The van der Waals surface area contributed by atoms with Crippen LogP contribution in [0.1, 0.15) is 23.1 Å². The minimum Gasteiger partial charge on any atom is -0.481 e. The summed E-state index contributed by atoms with van der Waals surface area (Å²) in [6.45, 7) is 0. The lowest BCUT2D eigenvalue weighted by Gasteiger charge is -2.03. The van der Waals surface area contributed by atoms with Crippen LogP contribution in [0.3, 0.4) is 0 Å². The number of rotatable bonds is 4. The summed E-state index contributed by atoms with van der Waals surface area (Å²) in [5.74, 6) is -0.799. The van der Waals surface area contributed by atoms with Crippen LogP contribution < -0.4 is 0 Å². The van der Waals surface area contributed by atoms with Gasteiger partial charge in [0.15, 0.2) is 0 Å². The van der Waals surface area contributed by atoms with Crippen LogP contribution in [0.25, 0.3) is 17.2 Å². The first-order valence-corrected chi connectivity index (χ1v) is 8.28. The molecule has 2 aromatic carbocycles. The van der Waals surface area contributed by atoms with E-state index in [1.54, 1.807) is 11.8 Å². The fourth-order valence-electron chi connectivity index (χ4n) is 2.67. The molecule has 3 rings (SSSR count). The molecule has 0 aliphatic heterocycles. The number of hydrogen-bond donors (Lipinski definition) is 1. The highest BCUT2D eigenvalue weighted by Gasteiger charge is 2.19. The topological polar surface area (TPSA) is 37.3 Å². The lowest BCUT2D eigenvalue weighted by molar-refractivity contribution is -0.135. The summed E-state index contributed by atoms with van der Waals surface area (Å²) in [6.07, 6.45) is 6.21. The molecule has 1 aliphatic rings. The monoisotopic (exact) mass is 308 g/mol. The van der Waals surface area contributed by atoms with E-state index in [0.717, 1.165) is 27.8 Å². The number of benzene rings is 2. The zero-order valence-corrected chi connectivity index (χ0v) is 13.1. The van der Waals surface area contributed by atoms with Crippen LogP contribution in [0.15, 0.2) is 59.5 Å². The van der Waals surface area contributed by atoms with Gasteiger partial charge in [-0.15, -0.1) is 11.8 Å². The molecule has 2 aromatic rings. The fraction of sp³-hybridized carbons (Fsp3) is 0.105. The Morgan fingerprint density at radius 2 is 1.77 bits per heavy atom. The van der Waals surface area contributed by atoms with Crippen molar-refractivity contribution in [3.63, 3.8) is 0 Å². The van der Waals surface area contributed by atoms with Crippen molar-refractivity contribution in [2.45, 2.75) is 11.3 Å². The molecule has 0 amide bonds. The second-order valence-corrected chi connectivity index (χ2v) is 6.04. The number of carboxylic acids is 1. The van der Waals surface area contributed by atoms with Gasteiger partial charge in [0.2, 0.25) is 0 Å². The first-order chi connectivity index (χ1) is 10.7. The zero-order chi connectivity index (χ0) is 15.5. The van der Waals surface area contributed by atoms with Gasteiger partial charge in [0.25, 0.3) is 0 Å². The van der Waals surface area contributed by atoms with Gasteiger partial charge in [-0.25, -0.2) is 0 Å². The molecule has 0 saturated carbocycles. The molecule has 3 heteroatoms. The highest BCUT2D eigenvalue weighted by molar-refractivity contribution is 7.98. The van der Waals surface area contributed by atoms with E-state index in [2.05, 4.69) is 36.6 Å². The first kappa shape index (κ1) is 14.7. The third kappa shape index (κ3) is 3.00. The normalized spacial score (nSPS) is 14.8. The van der Waals surface area contributed by atoms with Crippen molar-refractivity contribution < 1.29 is 9.90 Å². The van der Waals surface area contributed by atoms with Crippen molar-refractivity contribution in [3.05, 3.63) is 71.3 Å². The first-order valence-electron chi connectivity index (χ1n) is 7.05. The van der Waals surface area contributed by atoms with Crippen LogP contribution in [0, 0.1) is 0 Å². The fourth-order valence-corrected chi connectivity index (χ4v) is 3.07. The predicted molar refractivity (Wildman–Crippen MR) is 92.8 cm³/mol. The number of carbonyl (C=O) groups is 1. The van der Waals surface area contributed by atoms with Crippen LogP contribution >= 0.6 is 11.8 Å². The highest BCUT2D eigenvalue weighted by atomic mass is 32.2. The summed E-state index contributed by atoms with van der Waals surface area (Å²) in [5, 5.41) is 9.07. The van der Waals surface area contributed by atoms with E-state index in [9.17, 15) is 4.79 Å². The minimum atomic E-state index is -0.799. The maximum Gasteiger partial charge on any atom is 0.307 e. The van der Waals surface area contributed by atoms with Gasteiger partial charge in [0.1, 0.15) is 0 Å². The Kier molecular flexibility index (Phi) is 4.16. The second kappa shape index (κ2) is 6.24. The smallest absolute Gasteiger partial charge is 0.307 e. The Bertz CT molecular complexity index is 770. The molecule has 0 aromatic heterocycles. The summed E-state index contributed by atoms with van der Waals surface area (Å²) >= 11 is 1.72. The SMILES string of the molecule is CSc1ccc(/C=C2\C=C(CC(=O)O)c3ccccc32)cc1. The Balaban J connectivity index is 2.00. The Morgan fingerprint density at radius 1 is 1.09 bits per heavy atom. The molecule has 0 fully saturated rings. The summed E-state index contributed by atoms with van der Waals surface area (Å²) < 4.78 is 0. The summed E-state index contributed by atoms with van der Waals surface area (Å²) in [6, 6.07) is 16.3. The number of fused-ring (bicyclic) bond motifs is 1. The van der Waals surface area contributed by atoms with Gasteiger partial charge in [-0.1, -0.05) is 36.4 Å². The quantitative estimate of drug-likeness (QED) is 0.823. The summed E-state index contributed by atoms with van der Waals surface area (Å²) in [7, 11) is 0. The molecular weight excluding hydrogens is 292 g/mol. The van der Waals surface area contributed by atoms with Gasteiger partial charge < -0.3 is 5.11 Å². The van der Waals surface area contributed by atoms with Crippen molar-refractivity contribution in [2.24, 2.45) is 0 Å². The van der Waals surface area contributed by atoms with E-state index in [4.69, 9.17) is 5.11 Å². The average Bonchev–Trinajstić information content (AvgIpc) is 2.86. The third-order valence-electron chi connectivity index (χ3n) is 3.69. The van der Waals surface area contributed by atoms with Crippen LogP contribution in [0.5, 0.6) is 0 Å². The molecular formula is C19H16O2S. The van der Waals surface area contributed by atoms with Crippen LogP contribution in [0.4, 0.5) is 0 Å². The molecule has 1 aliphatic carbocycles. The molecule has 0 saturated heterocycles. The molecule has 0 atom stereocenters. The second-order valence-electron chi connectivity index (χ2n) is 5.16. The van der Waals surface area contributed by atoms with Crippen molar-refractivity contribution in [2.75, 3.05) is 6.26 Å². The van der Waals surface area contributed by atoms with Crippen LogP contribution in [0.2, 0.25) is 0 Å². The van der Waals surface area contributed by atoms with Gasteiger partial charge in [-0.3, -0.25) is 4.79 Å². The van der Waals surface area contributed by atoms with Gasteiger partial charge in [0.05, 0.1) is 6.42 Å². The van der Waals surface area contributed by atoms with Gasteiger partial charge in [-0.2, -0.15) is 0 Å². The Labute approximate surface area is 134 Å². The maximum atomic E-state index is 11.0. The molecule has 0 bridgehead atoms. The van der Waals surface area contributed by atoms with Crippen molar-refractivity contribution in [1.82, 2.24) is 0 Å². The van der Waals surface area contributed by atoms with Crippen LogP contribution in [-0.2, 0) is 4.79 Å². The van der Waals surface area contributed by atoms with Gasteiger partial charge in [-0.05, 0) is 58.4 Å². The molecule has 0 spiro atoms. The average molecular weight is 308 g/mol. The lowest BCUT2D eigenvalue weighted by atomic mass is 10.0. The zero-order valence-electron chi connectivity index (χ0n) is 12.2. The molecule has 0 radical (unpaired) electrons. The number of aliphatic carboxylic acids is 1. The molecule has 110 valence electrons. The number of carboxylic acid groups (broad SMARTS) is 1. The molecule has 2 nitrogen and oxygen atoms in total. The number of hydrogen-bond acceptors (Lipinski definition) is 2.